The molecule has 1 amide bonds. The van der Waals surface area contributed by atoms with Crippen molar-refractivity contribution in [2.75, 3.05) is 18.1 Å². The highest BCUT2D eigenvalue weighted by Gasteiger charge is 2.32. The lowest BCUT2D eigenvalue weighted by molar-refractivity contribution is 0.0954. The third kappa shape index (κ3) is 4.95. The van der Waals surface area contributed by atoms with Crippen molar-refractivity contribution in [2.24, 2.45) is 0 Å². The van der Waals surface area contributed by atoms with Gasteiger partial charge in [0.25, 0.3) is 5.91 Å². The van der Waals surface area contributed by atoms with Crippen molar-refractivity contribution in [2.45, 2.75) is 58.9 Å². The van der Waals surface area contributed by atoms with Gasteiger partial charge in [0.15, 0.2) is 15.5 Å². The van der Waals surface area contributed by atoms with E-state index < -0.39 is 9.84 Å². The second kappa shape index (κ2) is 9.63. The molecule has 0 saturated carbocycles. The molecular weight excluding hydrogens is 436 g/mol. The molecule has 0 radical (unpaired) electrons. The SMILES string of the molecule is CCCCCNC(=O)c1cc(-c2ccc(CC)cc2)nc2c1c(C)nn2C1CCS(=O)(=O)C1. The molecule has 1 aliphatic heterocycles. The largest absolute Gasteiger partial charge is 0.352 e. The van der Waals surface area contributed by atoms with Gasteiger partial charge in [-0.05, 0) is 37.8 Å². The molecule has 176 valence electrons. The molecule has 1 fully saturated rings. The van der Waals surface area contributed by atoms with Crippen molar-refractivity contribution < 1.29 is 13.2 Å². The first-order valence-electron chi connectivity index (χ1n) is 11.8. The summed E-state index contributed by atoms with van der Waals surface area (Å²) >= 11 is 0. The second-order valence-electron chi connectivity index (χ2n) is 8.85. The third-order valence-electron chi connectivity index (χ3n) is 6.36. The molecule has 33 heavy (non-hydrogen) atoms. The molecule has 1 unspecified atom stereocenters. The zero-order valence-electron chi connectivity index (χ0n) is 19.6. The molecule has 1 aliphatic rings. The highest BCUT2D eigenvalue weighted by atomic mass is 32.2. The van der Waals surface area contributed by atoms with Gasteiger partial charge in [0.05, 0.1) is 39.9 Å². The topological polar surface area (TPSA) is 93.9 Å². The average Bonchev–Trinajstić information content (AvgIpc) is 3.34. The van der Waals surface area contributed by atoms with Crippen LogP contribution >= 0.6 is 0 Å². The van der Waals surface area contributed by atoms with Crippen molar-refractivity contribution in [3.8, 4) is 11.3 Å². The van der Waals surface area contributed by atoms with E-state index in [4.69, 9.17) is 4.98 Å². The number of carbonyl (C=O) groups excluding carboxylic acids is 1. The molecule has 0 bridgehead atoms. The number of rotatable bonds is 8. The summed E-state index contributed by atoms with van der Waals surface area (Å²) in [7, 11) is -3.08. The highest BCUT2D eigenvalue weighted by Crippen LogP contribution is 2.32. The van der Waals surface area contributed by atoms with Gasteiger partial charge in [0, 0.05) is 12.1 Å². The van der Waals surface area contributed by atoms with Crippen molar-refractivity contribution in [1.29, 1.82) is 0 Å². The number of aromatic nitrogens is 3. The predicted molar refractivity (Wildman–Crippen MR) is 131 cm³/mol. The molecule has 0 spiro atoms. The lowest BCUT2D eigenvalue weighted by atomic mass is 10.0. The highest BCUT2D eigenvalue weighted by molar-refractivity contribution is 7.91. The van der Waals surface area contributed by atoms with E-state index in [0.717, 1.165) is 31.2 Å². The van der Waals surface area contributed by atoms with E-state index in [9.17, 15) is 13.2 Å². The molecule has 1 atom stereocenters. The Hall–Kier alpha value is -2.74. The molecule has 1 saturated heterocycles. The molecule has 8 heteroatoms. The van der Waals surface area contributed by atoms with Crippen molar-refractivity contribution >= 4 is 26.8 Å². The second-order valence-corrected chi connectivity index (χ2v) is 11.1. The van der Waals surface area contributed by atoms with Gasteiger partial charge in [-0.1, -0.05) is 51.0 Å². The molecule has 4 rings (SSSR count). The summed E-state index contributed by atoms with van der Waals surface area (Å²) in [5.41, 5.74) is 4.63. The molecule has 1 N–H and O–H groups in total. The zero-order valence-corrected chi connectivity index (χ0v) is 20.4. The molecule has 1 aromatic carbocycles. The number of fused-ring (bicyclic) bond motifs is 1. The maximum Gasteiger partial charge on any atom is 0.252 e. The Labute approximate surface area is 195 Å². The van der Waals surface area contributed by atoms with Crippen LogP contribution in [0, 0.1) is 6.92 Å². The molecular formula is C25H32N4O3S. The van der Waals surface area contributed by atoms with Crippen LogP contribution in [0.2, 0.25) is 0 Å². The Kier molecular flexibility index (Phi) is 6.83. The maximum atomic E-state index is 13.2. The number of pyridine rings is 1. The first-order valence-corrected chi connectivity index (χ1v) is 13.6. The maximum absolute atomic E-state index is 13.2. The Morgan fingerprint density at radius 1 is 1.18 bits per heavy atom. The number of hydrogen-bond acceptors (Lipinski definition) is 5. The Morgan fingerprint density at radius 3 is 2.58 bits per heavy atom. The van der Waals surface area contributed by atoms with E-state index >= 15 is 0 Å². The van der Waals surface area contributed by atoms with Crippen molar-refractivity contribution in [3.05, 3.63) is 47.2 Å². The summed E-state index contributed by atoms with van der Waals surface area (Å²) in [5.74, 6) is 0.0616. The van der Waals surface area contributed by atoms with Crippen molar-refractivity contribution in [1.82, 2.24) is 20.1 Å². The number of carbonyl (C=O) groups is 1. The minimum atomic E-state index is -3.08. The first kappa shape index (κ1) is 23.4. The van der Waals surface area contributed by atoms with Crippen LogP contribution < -0.4 is 5.32 Å². The van der Waals surface area contributed by atoms with Crippen molar-refractivity contribution in [3.63, 3.8) is 0 Å². The van der Waals surface area contributed by atoms with E-state index in [1.807, 2.05) is 25.1 Å². The molecule has 7 nitrogen and oxygen atoms in total. The smallest absolute Gasteiger partial charge is 0.252 e. The number of amides is 1. The van der Waals surface area contributed by atoms with Crippen LogP contribution in [0.5, 0.6) is 0 Å². The van der Waals surface area contributed by atoms with Gasteiger partial charge in [-0.3, -0.25) is 4.79 Å². The number of sulfone groups is 1. The van der Waals surface area contributed by atoms with Crippen LogP contribution in [0.1, 0.15) is 67.2 Å². The number of nitrogens with one attached hydrogen (secondary N) is 1. The van der Waals surface area contributed by atoms with Gasteiger partial charge in [-0.15, -0.1) is 0 Å². The van der Waals surface area contributed by atoms with Gasteiger partial charge < -0.3 is 5.32 Å². The number of benzene rings is 1. The standard InChI is InChI=1S/C25H32N4O3S/c1-4-6-7-13-26-25(30)21-15-22(19-10-8-18(5-2)9-11-19)27-24-23(21)17(3)28-29(24)20-12-14-33(31,32)16-20/h8-11,15,20H,4-7,12-14,16H2,1-3H3,(H,26,30). The number of aryl methyl sites for hydroxylation is 2. The fourth-order valence-electron chi connectivity index (χ4n) is 4.45. The minimum Gasteiger partial charge on any atom is -0.352 e. The van der Waals surface area contributed by atoms with Gasteiger partial charge in [-0.25, -0.2) is 18.1 Å². The van der Waals surface area contributed by atoms with Crippen LogP contribution in [0.25, 0.3) is 22.3 Å². The fourth-order valence-corrected chi connectivity index (χ4v) is 6.14. The Morgan fingerprint density at radius 2 is 1.94 bits per heavy atom. The van der Waals surface area contributed by atoms with Gasteiger partial charge in [0.1, 0.15) is 0 Å². The summed E-state index contributed by atoms with van der Waals surface area (Å²) in [6, 6.07) is 9.74. The summed E-state index contributed by atoms with van der Waals surface area (Å²) in [4.78, 5) is 18.1. The molecule has 3 heterocycles. The van der Waals surface area contributed by atoms with Gasteiger partial charge in [0.2, 0.25) is 0 Å². The first-order chi connectivity index (χ1) is 15.8. The summed E-state index contributed by atoms with van der Waals surface area (Å²) in [6.45, 7) is 6.71. The fraction of sp³-hybridized carbons (Fsp3) is 0.480. The van der Waals surface area contributed by atoms with Crippen LogP contribution in [0.15, 0.2) is 30.3 Å². The monoisotopic (exact) mass is 468 g/mol. The van der Waals surface area contributed by atoms with E-state index in [2.05, 4.69) is 36.4 Å². The third-order valence-corrected chi connectivity index (χ3v) is 8.11. The summed E-state index contributed by atoms with van der Waals surface area (Å²) in [6.07, 6.45) is 4.53. The molecule has 0 aliphatic carbocycles. The summed E-state index contributed by atoms with van der Waals surface area (Å²) in [5, 5.41) is 8.40. The summed E-state index contributed by atoms with van der Waals surface area (Å²) < 4.78 is 26.0. The van der Waals surface area contributed by atoms with Crippen LogP contribution in [-0.2, 0) is 16.3 Å². The number of hydrogen-bond donors (Lipinski definition) is 1. The Bertz CT molecular complexity index is 1260. The van der Waals surface area contributed by atoms with E-state index in [0.29, 0.717) is 41.0 Å². The lowest BCUT2D eigenvalue weighted by Crippen LogP contribution is -2.25. The normalized spacial score (nSPS) is 17.5. The zero-order chi connectivity index (χ0) is 23.6. The minimum absolute atomic E-state index is 0.0544. The number of nitrogens with zero attached hydrogens (tertiary/aromatic N) is 3. The van der Waals surface area contributed by atoms with E-state index in [1.165, 1.54) is 5.56 Å². The molecule has 3 aromatic rings. The average molecular weight is 469 g/mol. The molecule has 2 aromatic heterocycles. The van der Waals surface area contributed by atoms with Gasteiger partial charge in [-0.2, -0.15) is 5.10 Å². The van der Waals surface area contributed by atoms with E-state index in [1.54, 1.807) is 4.68 Å². The van der Waals surface area contributed by atoms with Gasteiger partial charge >= 0.3 is 0 Å². The van der Waals surface area contributed by atoms with Crippen LogP contribution in [0.4, 0.5) is 0 Å². The Balaban J connectivity index is 1.82. The number of unbranched alkanes of at least 4 members (excludes halogenated alkanes) is 2. The lowest BCUT2D eigenvalue weighted by Gasteiger charge is -2.12. The van der Waals surface area contributed by atoms with Crippen LogP contribution in [0.3, 0.4) is 0 Å². The predicted octanol–water partition coefficient (Wildman–Crippen LogP) is 4.25. The van der Waals surface area contributed by atoms with E-state index in [-0.39, 0.29) is 23.5 Å². The quantitative estimate of drug-likeness (QED) is 0.499. The van der Waals surface area contributed by atoms with Crippen LogP contribution in [-0.4, -0.2) is 47.1 Å².